The standard InChI is InChI=1S/C9H15NO3/c10-7-5-8(11)13-9(7)12-6-3-1-2-4-6/h6-7,9H,1-5,10H2. The highest BCUT2D eigenvalue weighted by Gasteiger charge is 2.35. The maximum atomic E-state index is 10.9. The molecule has 4 heteroatoms. The van der Waals surface area contributed by atoms with Crippen molar-refractivity contribution in [3.05, 3.63) is 0 Å². The third-order valence-corrected chi connectivity index (χ3v) is 2.63. The molecule has 2 atom stereocenters. The third kappa shape index (κ3) is 2.00. The van der Waals surface area contributed by atoms with Gasteiger partial charge in [0.2, 0.25) is 6.29 Å². The molecular formula is C9H15NO3. The van der Waals surface area contributed by atoms with Crippen molar-refractivity contribution >= 4 is 5.97 Å². The molecule has 0 aromatic rings. The number of hydrogen-bond donors (Lipinski definition) is 1. The van der Waals surface area contributed by atoms with Gasteiger partial charge in [0, 0.05) is 0 Å². The van der Waals surface area contributed by atoms with E-state index < -0.39 is 6.29 Å². The maximum absolute atomic E-state index is 10.9. The van der Waals surface area contributed by atoms with Gasteiger partial charge in [-0.15, -0.1) is 0 Å². The minimum atomic E-state index is -0.490. The van der Waals surface area contributed by atoms with Gasteiger partial charge in [-0.05, 0) is 12.8 Å². The molecule has 13 heavy (non-hydrogen) atoms. The molecular weight excluding hydrogens is 170 g/mol. The summed E-state index contributed by atoms with van der Waals surface area (Å²) in [7, 11) is 0. The normalized spacial score (nSPS) is 35.3. The monoisotopic (exact) mass is 185 g/mol. The summed E-state index contributed by atoms with van der Waals surface area (Å²) >= 11 is 0. The molecule has 0 amide bonds. The van der Waals surface area contributed by atoms with Gasteiger partial charge in [0.05, 0.1) is 18.6 Å². The fraction of sp³-hybridized carbons (Fsp3) is 0.889. The van der Waals surface area contributed by atoms with Gasteiger partial charge in [-0.3, -0.25) is 4.79 Å². The van der Waals surface area contributed by atoms with E-state index in [2.05, 4.69) is 0 Å². The SMILES string of the molecule is NC1CC(=O)OC1OC1CCCC1. The minimum absolute atomic E-state index is 0.240. The molecule has 0 spiro atoms. The molecule has 4 nitrogen and oxygen atoms in total. The van der Waals surface area contributed by atoms with Crippen molar-refractivity contribution in [2.24, 2.45) is 5.73 Å². The van der Waals surface area contributed by atoms with Gasteiger partial charge in [-0.25, -0.2) is 0 Å². The van der Waals surface area contributed by atoms with Crippen LogP contribution in [0.4, 0.5) is 0 Å². The molecule has 1 aliphatic heterocycles. The molecule has 2 unspecified atom stereocenters. The fourth-order valence-corrected chi connectivity index (χ4v) is 1.90. The first-order chi connectivity index (χ1) is 6.25. The van der Waals surface area contributed by atoms with Crippen molar-refractivity contribution in [3.8, 4) is 0 Å². The van der Waals surface area contributed by atoms with Crippen LogP contribution >= 0.6 is 0 Å². The predicted octanol–water partition coefficient (Wildman–Crippen LogP) is 0.546. The third-order valence-electron chi connectivity index (χ3n) is 2.63. The van der Waals surface area contributed by atoms with Gasteiger partial charge < -0.3 is 15.2 Å². The summed E-state index contributed by atoms with van der Waals surface area (Å²) in [6.07, 6.45) is 4.61. The van der Waals surface area contributed by atoms with Gasteiger partial charge in [0.15, 0.2) is 0 Å². The first kappa shape index (κ1) is 8.97. The molecule has 2 fully saturated rings. The number of cyclic esters (lactones) is 1. The zero-order valence-electron chi connectivity index (χ0n) is 7.57. The quantitative estimate of drug-likeness (QED) is 0.638. The molecule has 2 aliphatic rings. The second-order valence-electron chi connectivity index (χ2n) is 3.77. The molecule has 1 heterocycles. The number of carbonyl (C=O) groups excluding carboxylic acids is 1. The molecule has 0 aromatic carbocycles. The highest BCUT2D eigenvalue weighted by molar-refractivity contribution is 5.72. The Labute approximate surface area is 77.4 Å². The lowest BCUT2D eigenvalue weighted by Crippen LogP contribution is -2.34. The van der Waals surface area contributed by atoms with Gasteiger partial charge in [0.25, 0.3) is 0 Å². The number of carbonyl (C=O) groups is 1. The van der Waals surface area contributed by atoms with Gasteiger partial charge >= 0.3 is 5.97 Å². The molecule has 2 rings (SSSR count). The average Bonchev–Trinajstić information content (AvgIpc) is 2.63. The summed E-state index contributed by atoms with van der Waals surface area (Å²) in [5.74, 6) is -0.240. The Bertz CT molecular complexity index is 201. The Kier molecular flexibility index (Phi) is 2.51. The van der Waals surface area contributed by atoms with E-state index in [1.54, 1.807) is 0 Å². The molecule has 1 aliphatic carbocycles. The van der Waals surface area contributed by atoms with E-state index in [1.807, 2.05) is 0 Å². The Morgan fingerprint density at radius 2 is 2.08 bits per heavy atom. The van der Waals surface area contributed by atoms with Crippen LogP contribution in [-0.4, -0.2) is 24.4 Å². The Hall–Kier alpha value is -0.610. The lowest BCUT2D eigenvalue weighted by molar-refractivity contribution is -0.173. The highest BCUT2D eigenvalue weighted by Crippen LogP contribution is 2.25. The molecule has 2 N–H and O–H groups in total. The summed E-state index contributed by atoms with van der Waals surface area (Å²) in [6.45, 7) is 0. The number of esters is 1. The van der Waals surface area contributed by atoms with Crippen LogP contribution < -0.4 is 5.73 Å². The van der Waals surface area contributed by atoms with Crippen LogP contribution in [0.25, 0.3) is 0 Å². The summed E-state index contributed by atoms with van der Waals surface area (Å²) in [6, 6.07) is -0.270. The van der Waals surface area contributed by atoms with Crippen molar-refractivity contribution in [2.75, 3.05) is 0 Å². The van der Waals surface area contributed by atoms with Crippen molar-refractivity contribution in [2.45, 2.75) is 50.5 Å². The second kappa shape index (κ2) is 3.64. The van der Waals surface area contributed by atoms with E-state index in [9.17, 15) is 4.79 Å². The summed E-state index contributed by atoms with van der Waals surface area (Å²) in [4.78, 5) is 10.9. The van der Waals surface area contributed by atoms with Crippen molar-refractivity contribution < 1.29 is 14.3 Å². The van der Waals surface area contributed by atoms with E-state index in [4.69, 9.17) is 15.2 Å². The van der Waals surface area contributed by atoms with Crippen LogP contribution in [0.3, 0.4) is 0 Å². The molecule has 1 saturated carbocycles. The van der Waals surface area contributed by atoms with E-state index in [1.165, 1.54) is 12.8 Å². The molecule has 74 valence electrons. The number of ether oxygens (including phenoxy) is 2. The number of hydrogen-bond acceptors (Lipinski definition) is 4. The van der Waals surface area contributed by atoms with Crippen molar-refractivity contribution in [1.82, 2.24) is 0 Å². The van der Waals surface area contributed by atoms with Crippen LogP contribution in [0.5, 0.6) is 0 Å². The van der Waals surface area contributed by atoms with Crippen molar-refractivity contribution in [1.29, 1.82) is 0 Å². The smallest absolute Gasteiger partial charge is 0.309 e. The van der Waals surface area contributed by atoms with Crippen LogP contribution in [0.2, 0.25) is 0 Å². The molecule has 0 radical (unpaired) electrons. The van der Waals surface area contributed by atoms with Crippen LogP contribution in [-0.2, 0) is 14.3 Å². The summed E-state index contributed by atoms with van der Waals surface area (Å²) < 4.78 is 10.5. The summed E-state index contributed by atoms with van der Waals surface area (Å²) in [5, 5.41) is 0. The first-order valence-electron chi connectivity index (χ1n) is 4.86. The molecule has 0 aromatic heterocycles. The Morgan fingerprint density at radius 1 is 1.38 bits per heavy atom. The fourth-order valence-electron chi connectivity index (χ4n) is 1.90. The van der Waals surface area contributed by atoms with Crippen molar-refractivity contribution in [3.63, 3.8) is 0 Å². The second-order valence-corrected chi connectivity index (χ2v) is 3.77. The van der Waals surface area contributed by atoms with E-state index in [0.717, 1.165) is 12.8 Å². The van der Waals surface area contributed by atoms with Gasteiger partial charge in [-0.2, -0.15) is 0 Å². The lowest BCUT2D eigenvalue weighted by atomic mass is 10.2. The zero-order chi connectivity index (χ0) is 9.26. The van der Waals surface area contributed by atoms with E-state index in [0.29, 0.717) is 0 Å². The van der Waals surface area contributed by atoms with Crippen LogP contribution in [0, 0.1) is 0 Å². The first-order valence-corrected chi connectivity index (χ1v) is 4.86. The van der Waals surface area contributed by atoms with Gasteiger partial charge in [0.1, 0.15) is 0 Å². The van der Waals surface area contributed by atoms with Crippen LogP contribution in [0.1, 0.15) is 32.1 Å². The topological polar surface area (TPSA) is 61.6 Å². The predicted molar refractivity (Wildman–Crippen MR) is 45.8 cm³/mol. The summed E-state index contributed by atoms with van der Waals surface area (Å²) in [5.41, 5.74) is 5.68. The zero-order valence-corrected chi connectivity index (χ0v) is 7.57. The highest BCUT2D eigenvalue weighted by atomic mass is 16.7. The molecule has 1 saturated heterocycles. The average molecular weight is 185 g/mol. The molecule has 0 bridgehead atoms. The lowest BCUT2D eigenvalue weighted by Gasteiger charge is -2.19. The van der Waals surface area contributed by atoms with E-state index >= 15 is 0 Å². The van der Waals surface area contributed by atoms with Gasteiger partial charge in [-0.1, -0.05) is 12.8 Å². The van der Waals surface area contributed by atoms with Crippen LogP contribution in [0.15, 0.2) is 0 Å². The maximum Gasteiger partial charge on any atom is 0.309 e. The minimum Gasteiger partial charge on any atom is -0.434 e. The number of nitrogens with two attached hydrogens (primary N) is 1. The number of rotatable bonds is 2. The van der Waals surface area contributed by atoms with E-state index in [-0.39, 0.29) is 24.5 Å². The Morgan fingerprint density at radius 3 is 2.62 bits per heavy atom. The largest absolute Gasteiger partial charge is 0.434 e. The Balaban J connectivity index is 1.83.